The van der Waals surface area contributed by atoms with Gasteiger partial charge < -0.3 is 20.5 Å². The zero-order valence-electron chi connectivity index (χ0n) is 17.1. The quantitative estimate of drug-likeness (QED) is 0.387. The first-order valence-electron chi connectivity index (χ1n) is 9.77. The van der Waals surface area contributed by atoms with Gasteiger partial charge in [0.1, 0.15) is 28.8 Å². The summed E-state index contributed by atoms with van der Waals surface area (Å²) < 4.78 is 33.7. The lowest BCUT2D eigenvalue weighted by Crippen LogP contribution is -2.36. The van der Waals surface area contributed by atoms with E-state index in [0.717, 1.165) is 16.6 Å². The monoisotopic (exact) mass is 516 g/mol. The van der Waals surface area contributed by atoms with Gasteiger partial charge in [-0.2, -0.15) is 0 Å². The second-order valence-electron chi connectivity index (χ2n) is 6.72. The first-order valence-corrected chi connectivity index (χ1v) is 10.6. The molecule has 0 heterocycles. The van der Waals surface area contributed by atoms with Crippen LogP contribution in [0.1, 0.15) is 15.9 Å². The van der Waals surface area contributed by atoms with E-state index in [1.807, 2.05) is 18.2 Å². The average molecular weight is 517 g/mol. The fourth-order valence-corrected chi connectivity index (χ4v) is 3.11. The molecule has 0 saturated heterocycles. The fourth-order valence-electron chi connectivity index (χ4n) is 2.74. The maximum atomic E-state index is 14.0. The van der Waals surface area contributed by atoms with Crippen molar-refractivity contribution in [3.05, 3.63) is 99.7 Å². The van der Waals surface area contributed by atoms with Crippen molar-refractivity contribution >= 4 is 33.8 Å². The molecule has 3 rings (SSSR count). The number of para-hydroxylation sites is 1. The summed E-state index contributed by atoms with van der Waals surface area (Å²) in [5.41, 5.74) is -0.0606. The van der Waals surface area contributed by atoms with Gasteiger partial charge in [0.25, 0.3) is 11.8 Å². The Bertz CT molecular complexity index is 1180. The number of hydrogen-bond donors (Lipinski definition) is 3. The molecule has 170 valence electrons. The summed E-state index contributed by atoms with van der Waals surface area (Å²) in [6.07, 6.45) is 1.38. The molecule has 0 aliphatic carbocycles. The van der Waals surface area contributed by atoms with Crippen molar-refractivity contribution in [2.45, 2.75) is 0 Å². The lowest BCUT2D eigenvalue weighted by molar-refractivity contribution is -0.117. The van der Waals surface area contributed by atoms with Crippen LogP contribution in [0.3, 0.4) is 0 Å². The number of carbonyl (C=O) groups is 2. The van der Waals surface area contributed by atoms with Crippen molar-refractivity contribution in [1.29, 1.82) is 0 Å². The van der Waals surface area contributed by atoms with E-state index in [0.29, 0.717) is 23.1 Å². The Balaban J connectivity index is 1.82. The summed E-state index contributed by atoms with van der Waals surface area (Å²) in [4.78, 5) is 24.9. The van der Waals surface area contributed by atoms with Crippen molar-refractivity contribution in [2.75, 3.05) is 13.2 Å². The Morgan fingerprint density at radius 1 is 1.03 bits per heavy atom. The number of rotatable bonds is 8. The molecule has 9 heteroatoms. The second-order valence-corrected chi connectivity index (χ2v) is 7.57. The summed E-state index contributed by atoms with van der Waals surface area (Å²) in [5, 5.41) is 13.7. The minimum atomic E-state index is -1.06. The maximum Gasteiger partial charge on any atom is 0.267 e. The second kappa shape index (κ2) is 11.3. The van der Waals surface area contributed by atoms with E-state index in [-0.39, 0.29) is 18.8 Å². The molecule has 3 aromatic carbocycles. The largest absolute Gasteiger partial charge is 0.456 e. The van der Waals surface area contributed by atoms with Gasteiger partial charge in [-0.25, -0.2) is 8.78 Å². The standard InChI is InChI=1S/C24H19BrF2N2O4/c25-19-3-1-2-4-22(19)33-17-8-5-15(6-9-17)13-21(24(32)28-11-12-30)29-23(31)18-10-7-16(26)14-20(18)27/h1-10,13-14,30H,11-12H2,(H,28,32)(H,29,31). The molecular formula is C24H19BrF2N2O4. The molecule has 0 saturated carbocycles. The number of amides is 2. The van der Waals surface area contributed by atoms with E-state index in [4.69, 9.17) is 9.84 Å². The van der Waals surface area contributed by atoms with E-state index in [1.165, 1.54) is 6.08 Å². The van der Waals surface area contributed by atoms with Crippen LogP contribution in [-0.4, -0.2) is 30.1 Å². The highest BCUT2D eigenvalue weighted by Gasteiger charge is 2.17. The van der Waals surface area contributed by atoms with E-state index in [9.17, 15) is 18.4 Å². The first-order chi connectivity index (χ1) is 15.9. The predicted molar refractivity (Wildman–Crippen MR) is 123 cm³/mol. The van der Waals surface area contributed by atoms with Gasteiger partial charge in [-0.15, -0.1) is 0 Å². The fraction of sp³-hybridized carbons (Fsp3) is 0.0833. The van der Waals surface area contributed by atoms with Crippen molar-refractivity contribution in [1.82, 2.24) is 10.6 Å². The van der Waals surface area contributed by atoms with Crippen LogP contribution < -0.4 is 15.4 Å². The molecule has 6 nitrogen and oxygen atoms in total. The molecule has 0 aromatic heterocycles. The third-order valence-corrected chi connectivity index (χ3v) is 4.98. The third-order valence-electron chi connectivity index (χ3n) is 4.32. The van der Waals surface area contributed by atoms with E-state index in [2.05, 4.69) is 26.6 Å². The normalized spacial score (nSPS) is 11.1. The molecule has 0 radical (unpaired) electrons. The van der Waals surface area contributed by atoms with Crippen molar-refractivity contribution in [3.8, 4) is 11.5 Å². The molecule has 0 spiro atoms. The van der Waals surface area contributed by atoms with Crippen LogP contribution in [0.15, 0.2) is 76.9 Å². The van der Waals surface area contributed by atoms with Crippen LogP contribution in [0.25, 0.3) is 6.08 Å². The predicted octanol–water partition coefficient (Wildman–Crippen LogP) is 4.40. The molecule has 0 aliphatic rings. The number of hydrogen-bond acceptors (Lipinski definition) is 4. The number of aliphatic hydroxyl groups is 1. The molecule has 0 aliphatic heterocycles. The summed E-state index contributed by atoms with van der Waals surface area (Å²) >= 11 is 3.40. The van der Waals surface area contributed by atoms with Crippen LogP contribution in [0, 0.1) is 11.6 Å². The highest BCUT2D eigenvalue weighted by molar-refractivity contribution is 9.10. The number of ether oxygens (including phenoxy) is 1. The highest BCUT2D eigenvalue weighted by Crippen LogP contribution is 2.29. The van der Waals surface area contributed by atoms with Gasteiger partial charge in [-0.05, 0) is 64.0 Å². The Kier molecular flexibility index (Phi) is 8.28. The molecular weight excluding hydrogens is 498 g/mol. The highest BCUT2D eigenvalue weighted by atomic mass is 79.9. The minimum Gasteiger partial charge on any atom is -0.456 e. The Hall–Kier alpha value is -3.56. The van der Waals surface area contributed by atoms with Gasteiger partial charge in [0.2, 0.25) is 0 Å². The van der Waals surface area contributed by atoms with Crippen LogP contribution in [0.2, 0.25) is 0 Å². The van der Waals surface area contributed by atoms with E-state index >= 15 is 0 Å². The van der Waals surface area contributed by atoms with Crippen LogP contribution >= 0.6 is 15.9 Å². The Morgan fingerprint density at radius 3 is 2.42 bits per heavy atom. The SMILES string of the molecule is O=C(NCCO)C(=Cc1ccc(Oc2ccccc2Br)cc1)NC(=O)c1ccc(F)cc1F. The zero-order chi connectivity index (χ0) is 23.8. The van der Waals surface area contributed by atoms with Gasteiger partial charge in [-0.3, -0.25) is 9.59 Å². The van der Waals surface area contributed by atoms with Crippen LogP contribution in [0.5, 0.6) is 11.5 Å². The number of halogens is 3. The number of nitrogens with one attached hydrogen (secondary N) is 2. The Morgan fingerprint density at radius 2 is 1.76 bits per heavy atom. The van der Waals surface area contributed by atoms with E-state index in [1.54, 1.807) is 30.3 Å². The summed E-state index contributed by atoms with van der Waals surface area (Å²) in [6.45, 7) is -0.351. The molecule has 0 fully saturated rings. The summed E-state index contributed by atoms with van der Waals surface area (Å²) in [6, 6.07) is 16.5. The Labute approximate surface area is 197 Å². The zero-order valence-corrected chi connectivity index (χ0v) is 18.7. The smallest absolute Gasteiger partial charge is 0.267 e. The van der Waals surface area contributed by atoms with E-state index < -0.39 is 29.0 Å². The number of benzene rings is 3. The lowest BCUT2D eigenvalue weighted by Gasteiger charge is -2.12. The molecule has 3 N–H and O–H groups in total. The van der Waals surface area contributed by atoms with Crippen LogP contribution in [0.4, 0.5) is 8.78 Å². The van der Waals surface area contributed by atoms with Gasteiger partial charge in [0, 0.05) is 12.6 Å². The molecule has 2 amide bonds. The number of carbonyl (C=O) groups excluding carboxylic acids is 2. The molecule has 33 heavy (non-hydrogen) atoms. The summed E-state index contributed by atoms with van der Waals surface area (Å²) in [7, 11) is 0. The number of aliphatic hydroxyl groups excluding tert-OH is 1. The third kappa shape index (κ3) is 6.71. The summed E-state index contributed by atoms with van der Waals surface area (Å²) in [5.74, 6) is -2.33. The molecule has 3 aromatic rings. The topological polar surface area (TPSA) is 87.7 Å². The van der Waals surface area contributed by atoms with Gasteiger partial charge in [-0.1, -0.05) is 24.3 Å². The molecule has 0 unspecified atom stereocenters. The lowest BCUT2D eigenvalue weighted by atomic mass is 10.1. The average Bonchev–Trinajstić information content (AvgIpc) is 2.79. The van der Waals surface area contributed by atoms with Gasteiger partial charge >= 0.3 is 0 Å². The molecule has 0 bridgehead atoms. The molecule has 0 atom stereocenters. The van der Waals surface area contributed by atoms with Crippen molar-refractivity contribution in [3.63, 3.8) is 0 Å². The van der Waals surface area contributed by atoms with Gasteiger partial charge in [0.05, 0.1) is 16.6 Å². The first kappa shape index (κ1) is 24.1. The van der Waals surface area contributed by atoms with Gasteiger partial charge in [0.15, 0.2) is 0 Å². The van der Waals surface area contributed by atoms with Crippen molar-refractivity contribution < 1.29 is 28.2 Å². The maximum absolute atomic E-state index is 14.0. The van der Waals surface area contributed by atoms with Crippen molar-refractivity contribution in [2.24, 2.45) is 0 Å². The minimum absolute atomic E-state index is 0.0459. The van der Waals surface area contributed by atoms with Crippen LogP contribution in [-0.2, 0) is 4.79 Å².